The lowest BCUT2D eigenvalue weighted by molar-refractivity contribution is -0.121. The summed E-state index contributed by atoms with van der Waals surface area (Å²) in [7, 11) is -2.58. The zero-order chi connectivity index (χ0) is 25.6. The molecule has 0 saturated heterocycles. The quantitative estimate of drug-likeness (QED) is 0.337. The Morgan fingerprint density at radius 3 is 2.23 bits per heavy atom. The molecular formula is C26H33N3O5S. The van der Waals surface area contributed by atoms with Crippen LogP contribution in [0.5, 0.6) is 0 Å². The number of carbonyl (C=O) groups excluding carboxylic acids is 2. The first kappa shape index (κ1) is 26.6. The van der Waals surface area contributed by atoms with E-state index in [0.717, 1.165) is 37.7 Å². The molecule has 2 aromatic rings. The third-order valence-corrected chi connectivity index (χ3v) is 8.39. The number of methoxy groups -OCH3 is 1. The molecule has 0 spiro atoms. The highest BCUT2D eigenvalue weighted by Gasteiger charge is 2.35. The van der Waals surface area contributed by atoms with Gasteiger partial charge in [-0.05, 0) is 62.4 Å². The number of hydrogen-bond donors (Lipinski definition) is 1. The Balaban J connectivity index is 1.78. The van der Waals surface area contributed by atoms with Gasteiger partial charge in [0.25, 0.3) is 5.91 Å². The van der Waals surface area contributed by atoms with Gasteiger partial charge >= 0.3 is 5.97 Å². The molecule has 1 saturated carbocycles. The number of ether oxygens (including phenoxy) is 1. The molecule has 1 fully saturated rings. The summed E-state index contributed by atoms with van der Waals surface area (Å²) in [6.07, 6.45) is 5.83. The van der Waals surface area contributed by atoms with E-state index in [9.17, 15) is 18.0 Å². The zero-order valence-electron chi connectivity index (χ0n) is 20.7. The minimum Gasteiger partial charge on any atom is -0.465 e. The van der Waals surface area contributed by atoms with E-state index < -0.39 is 21.9 Å². The average molecular weight is 500 g/mol. The largest absolute Gasteiger partial charge is 0.465 e. The van der Waals surface area contributed by atoms with Gasteiger partial charge in [0.15, 0.2) is 0 Å². The number of amides is 1. The predicted octanol–water partition coefficient (Wildman–Crippen LogP) is 3.87. The summed E-state index contributed by atoms with van der Waals surface area (Å²) >= 11 is 0. The van der Waals surface area contributed by atoms with Crippen molar-refractivity contribution in [2.75, 3.05) is 13.7 Å². The van der Waals surface area contributed by atoms with Crippen LogP contribution in [0.3, 0.4) is 0 Å². The van der Waals surface area contributed by atoms with Crippen LogP contribution in [0.2, 0.25) is 0 Å². The number of nitrogens with one attached hydrogen (secondary N) is 1. The molecule has 1 amide bonds. The van der Waals surface area contributed by atoms with Crippen molar-refractivity contribution in [1.29, 1.82) is 0 Å². The van der Waals surface area contributed by atoms with Crippen LogP contribution >= 0.6 is 0 Å². The molecule has 188 valence electrons. The Hall–Kier alpha value is -3.04. The molecule has 0 aromatic heterocycles. The van der Waals surface area contributed by atoms with Crippen molar-refractivity contribution in [3.63, 3.8) is 0 Å². The van der Waals surface area contributed by atoms with Gasteiger partial charge in [0, 0.05) is 6.04 Å². The average Bonchev–Trinajstić information content (AvgIpc) is 2.82. The molecule has 0 unspecified atom stereocenters. The number of esters is 1. The number of carbonyl (C=O) groups is 2. The number of sulfonamides is 1. The summed E-state index contributed by atoms with van der Waals surface area (Å²) in [5.41, 5.74) is 5.87. The molecule has 1 aliphatic rings. The lowest BCUT2D eigenvalue weighted by Crippen LogP contribution is -2.46. The number of benzene rings is 2. The Morgan fingerprint density at radius 2 is 1.66 bits per heavy atom. The number of rotatable bonds is 8. The number of aryl methyl sites for hydroxylation is 3. The number of hydrogen-bond acceptors (Lipinski definition) is 6. The molecule has 9 heteroatoms. The van der Waals surface area contributed by atoms with E-state index in [2.05, 4.69) is 15.3 Å². The summed E-state index contributed by atoms with van der Waals surface area (Å²) in [6, 6.07) is 10.0. The van der Waals surface area contributed by atoms with Gasteiger partial charge in [0.2, 0.25) is 10.0 Å². The Bertz CT molecular complexity index is 1180. The van der Waals surface area contributed by atoms with Crippen molar-refractivity contribution in [1.82, 2.24) is 9.73 Å². The third-order valence-electron chi connectivity index (χ3n) is 6.19. The van der Waals surface area contributed by atoms with Crippen molar-refractivity contribution >= 4 is 28.1 Å². The second-order valence-corrected chi connectivity index (χ2v) is 10.8. The van der Waals surface area contributed by atoms with Crippen LogP contribution in [-0.2, 0) is 19.6 Å². The fraction of sp³-hybridized carbons (Fsp3) is 0.423. The second-order valence-electron chi connectivity index (χ2n) is 8.98. The lowest BCUT2D eigenvalue weighted by Gasteiger charge is -2.33. The molecule has 8 nitrogen and oxygen atoms in total. The molecule has 0 bridgehead atoms. The van der Waals surface area contributed by atoms with E-state index >= 15 is 0 Å². The van der Waals surface area contributed by atoms with Crippen LogP contribution in [0, 0.1) is 20.8 Å². The Labute approximate surface area is 207 Å². The van der Waals surface area contributed by atoms with Crippen LogP contribution in [0.25, 0.3) is 0 Å². The summed E-state index contributed by atoms with van der Waals surface area (Å²) in [6.45, 7) is 5.21. The minimum atomic E-state index is -3.89. The maximum atomic E-state index is 13.8. The molecule has 0 aliphatic heterocycles. The van der Waals surface area contributed by atoms with Crippen LogP contribution in [0.4, 0.5) is 0 Å². The molecule has 1 aliphatic carbocycles. The molecule has 0 heterocycles. The van der Waals surface area contributed by atoms with Crippen molar-refractivity contribution in [3.8, 4) is 0 Å². The van der Waals surface area contributed by atoms with Crippen molar-refractivity contribution in [2.24, 2.45) is 5.10 Å². The van der Waals surface area contributed by atoms with Gasteiger partial charge in [-0.25, -0.2) is 18.6 Å². The maximum Gasteiger partial charge on any atom is 0.337 e. The molecule has 0 atom stereocenters. The standard InChI is InChI=1S/C26H33N3O5S/c1-18-14-19(2)25(20(3)15-18)35(32,33)29(23-8-6-5-7-9-23)17-24(30)28-27-16-21-10-12-22(13-11-21)26(31)34-4/h10-16,23H,5-9,17H2,1-4H3,(H,28,30). The van der Waals surface area contributed by atoms with Gasteiger partial charge in [-0.3, -0.25) is 4.79 Å². The van der Waals surface area contributed by atoms with Crippen molar-refractivity contribution < 1.29 is 22.7 Å². The highest BCUT2D eigenvalue weighted by Crippen LogP contribution is 2.31. The van der Waals surface area contributed by atoms with Crippen LogP contribution in [0.15, 0.2) is 46.4 Å². The Morgan fingerprint density at radius 1 is 1.06 bits per heavy atom. The molecule has 1 N–H and O–H groups in total. The summed E-state index contributed by atoms with van der Waals surface area (Å²) < 4.78 is 33.6. The topological polar surface area (TPSA) is 105 Å². The number of hydrazone groups is 1. The van der Waals surface area contributed by atoms with Gasteiger partial charge < -0.3 is 4.74 Å². The highest BCUT2D eigenvalue weighted by molar-refractivity contribution is 7.89. The van der Waals surface area contributed by atoms with Crippen LogP contribution < -0.4 is 5.43 Å². The van der Waals surface area contributed by atoms with Crippen molar-refractivity contribution in [2.45, 2.75) is 63.8 Å². The van der Waals surface area contributed by atoms with Gasteiger partial charge in [0.1, 0.15) is 0 Å². The van der Waals surface area contributed by atoms with Gasteiger partial charge in [-0.1, -0.05) is 49.1 Å². The van der Waals surface area contributed by atoms with Gasteiger partial charge in [-0.2, -0.15) is 9.41 Å². The first-order valence-electron chi connectivity index (χ1n) is 11.7. The van der Waals surface area contributed by atoms with E-state index in [1.54, 1.807) is 38.1 Å². The highest BCUT2D eigenvalue weighted by atomic mass is 32.2. The van der Waals surface area contributed by atoms with E-state index in [4.69, 9.17) is 0 Å². The number of nitrogens with zero attached hydrogens (tertiary/aromatic N) is 2. The van der Waals surface area contributed by atoms with E-state index in [-0.39, 0.29) is 17.5 Å². The summed E-state index contributed by atoms with van der Waals surface area (Å²) in [5.74, 6) is -0.950. The first-order valence-corrected chi connectivity index (χ1v) is 13.2. The minimum absolute atomic E-state index is 0.227. The van der Waals surface area contributed by atoms with Crippen LogP contribution in [-0.4, -0.2) is 50.5 Å². The van der Waals surface area contributed by atoms with Crippen LogP contribution in [0.1, 0.15) is 64.7 Å². The molecule has 0 radical (unpaired) electrons. The predicted molar refractivity (Wildman–Crippen MR) is 135 cm³/mol. The fourth-order valence-corrected chi connectivity index (χ4v) is 6.71. The fourth-order valence-electron chi connectivity index (χ4n) is 4.65. The van der Waals surface area contributed by atoms with E-state index in [0.29, 0.717) is 22.3 Å². The summed E-state index contributed by atoms with van der Waals surface area (Å²) in [4.78, 5) is 24.6. The third kappa shape index (κ3) is 6.55. The smallest absolute Gasteiger partial charge is 0.337 e. The van der Waals surface area contributed by atoms with E-state index in [1.165, 1.54) is 17.6 Å². The first-order chi connectivity index (χ1) is 16.6. The molecule has 2 aromatic carbocycles. The normalized spacial score (nSPS) is 14.9. The van der Waals surface area contributed by atoms with E-state index in [1.807, 2.05) is 19.1 Å². The zero-order valence-corrected chi connectivity index (χ0v) is 21.5. The monoisotopic (exact) mass is 499 g/mol. The SMILES string of the molecule is COC(=O)c1ccc(C=NNC(=O)CN(C2CCCCC2)S(=O)(=O)c2c(C)cc(C)cc2C)cc1. The van der Waals surface area contributed by atoms with Gasteiger partial charge in [-0.15, -0.1) is 0 Å². The second kappa shape index (κ2) is 11.6. The summed E-state index contributed by atoms with van der Waals surface area (Å²) in [5, 5.41) is 3.97. The Kier molecular flexibility index (Phi) is 8.80. The van der Waals surface area contributed by atoms with Gasteiger partial charge in [0.05, 0.1) is 30.3 Å². The molecule has 3 rings (SSSR count). The maximum absolute atomic E-state index is 13.8. The lowest BCUT2D eigenvalue weighted by atomic mass is 9.95. The molecule has 35 heavy (non-hydrogen) atoms. The van der Waals surface area contributed by atoms with Crippen molar-refractivity contribution in [3.05, 3.63) is 64.2 Å². The molecular weight excluding hydrogens is 466 g/mol.